The van der Waals surface area contributed by atoms with Crippen LogP contribution in [0.5, 0.6) is 5.88 Å². The molecule has 0 saturated heterocycles. The van der Waals surface area contributed by atoms with Crippen LogP contribution in [-0.2, 0) is 19.2 Å². The van der Waals surface area contributed by atoms with Gasteiger partial charge in [-0.25, -0.2) is 4.99 Å². The molecule has 8 heterocycles. The number of aromatic nitrogens is 5. The number of fused-ring (bicyclic) bond motifs is 3. The Morgan fingerprint density at radius 1 is 0.283 bits per heavy atom. The second-order valence-corrected chi connectivity index (χ2v) is 28.9. The van der Waals surface area contributed by atoms with Gasteiger partial charge in [-0.2, -0.15) is 0 Å². The molecule has 0 saturated carbocycles. The first-order valence-corrected chi connectivity index (χ1v) is 38.6. The summed E-state index contributed by atoms with van der Waals surface area (Å²) in [6.07, 6.45) is 2.21. The lowest BCUT2D eigenvalue weighted by Crippen LogP contribution is -2.21. The molecule has 582 valence electrons. The Morgan fingerprint density at radius 2 is 0.517 bits per heavy atom. The third-order valence-electron chi connectivity index (χ3n) is 21.0. The van der Waals surface area contributed by atoms with E-state index in [0.29, 0.717) is 45.1 Å². The Balaban J connectivity index is 0.000000134. The fourth-order valence-corrected chi connectivity index (χ4v) is 15.2. The molecule has 0 fully saturated rings. The second kappa shape index (κ2) is 32.0. The van der Waals surface area contributed by atoms with E-state index in [-0.39, 0.29) is 63.8 Å². The van der Waals surface area contributed by atoms with Gasteiger partial charge in [-0.3, -0.25) is 24.0 Å². The minimum Gasteiger partial charge on any atom is -0.494 e. The number of anilines is 12. The maximum absolute atomic E-state index is 13.5. The van der Waals surface area contributed by atoms with Gasteiger partial charge in [-0.15, -0.1) is 20.4 Å². The summed E-state index contributed by atoms with van der Waals surface area (Å²) in [4.78, 5) is 81.1. The lowest BCUT2D eigenvalue weighted by molar-refractivity contribution is -0.117. The van der Waals surface area contributed by atoms with Gasteiger partial charge in [0.05, 0.1) is 56.2 Å². The Bertz CT molecular complexity index is 6100. The molecule has 5 amide bonds. The highest BCUT2D eigenvalue weighted by Crippen LogP contribution is 2.46. The molecule has 0 unspecified atom stereocenters. The largest absolute Gasteiger partial charge is 0.494 e. The fourth-order valence-electron chi connectivity index (χ4n) is 15.2. The minimum absolute atomic E-state index is 0.0310. The van der Waals surface area contributed by atoms with Crippen LogP contribution in [0.3, 0.4) is 0 Å². The van der Waals surface area contributed by atoms with Crippen molar-refractivity contribution in [1.29, 1.82) is 0 Å². The maximum atomic E-state index is 13.5. The number of carbonyl (C=O) groups is 5. The van der Waals surface area contributed by atoms with Crippen molar-refractivity contribution >= 4 is 126 Å². The van der Waals surface area contributed by atoms with Crippen LogP contribution in [0, 0.1) is 27.7 Å². The average molecular weight is 1570 g/mol. The van der Waals surface area contributed by atoms with Crippen molar-refractivity contribution < 1.29 is 37.9 Å². The highest BCUT2D eigenvalue weighted by molar-refractivity contribution is 6.32. The fraction of sp³-hybridized carbons (Fsp3) is 0.0408. The van der Waals surface area contributed by atoms with Crippen molar-refractivity contribution in [2.75, 3.05) is 19.6 Å². The monoisotopic (exact) mass is 1570 g/mol. The molecule has 20 rings (SSSR count). The van der Waals surface area contributed by atoms with E-state index in [0.717, 1.165) is 103 Å². The van der Waals surface area contributed by atoms with Crippen molar-refractivity contribution in [2.45, 2.75) is 27.7 Å². The predicted molar refractivity (Wildman–Crippen MR) is 464 cm³/mol. The number of amides is 5. The molecule has 3 aromatic heterocycles. The molecule has 5 aliphatic heterocycles. The predicted octanol–water partition coefficient (Wildman–Crippen LogP) is 19.4. The Kier molecular flexibility index (Phi) is 19.9. The summed E-state index contributed by atoms with van der Waals surface area (Å²) in [5, 5.41) is 36.3. The summed E-state index contributed by atoms with van der Waals surface area (Å²) >= 11 is 0. The van der Waals surface area contributed by atoms with E-state index in [1.807, 2.05) is 170 Å². The van der Waals surface area contributed by atoms with Crippen molar-refractivity contribution in [1.82, 2.24) is 46.6 Å². The van der Waals surface area contributed by atoms with E-state index >= 15 is 0 Å². The molecule has 120 heavy (non-hydrogen) atoms. The average Bonchev–Trinajstić information content (AvgIpc) is 1.60. The smallest absolute Gasteiger partial charge is 0.280 e. The zero-order valence-corrected chi connectivity index (χ0v) is 65.0. The van der Waals surface area contributed by atoms with Crippen LogP contribution in [0.2, 0.25) is 0 Å². The molecule has 5 aliphatic rings. The summed E-state index contributed by atoms with van der Waals surface area (Å²) in [6.45, 7) is 8.31. The van der Waals surface area contributed by atoms with Gasteiger partial charge >= 0.3 is 0 Å². The van der Waals surface area contributed by atoms with Crippen molar-refractivity contribution in [3.05, 3.63) is 412 Å². The van der Waals surface area contributed by atoms with Gasteiger partial charge in [0, 0.05) is 68.2 Å². The number of aryl methyl sites for hydroxylation is 4. The number of nitrogens with one attached hydrogen (secondary N) is 5. The maximum Gasteiger partial charge on any atom is 0.280 e. The van der Waals surface area contributed by atoms with E-state index in [1.165, 1.54) is 22.3 Å². The van der Waals surface area contributed by atoms with Crippen LogP contribution >= 0.6 is 0 Å². The van der Waals surface area contributed by atoms with Gasteiger partial charge in [-0.1, -0.05) is 192 Å². The minimum atomic E-state index is -0.571. The van der Waals surface area contributed by atoms with E-state index in [9.17, 15) is 29.1 Å². The second-order valence-electron chi connectivity index (χ2n) is 28.9. The number of para-hydroxylation sites is 4. The Hall–Kier alpha value is -16.6. The zero-order chi connectivity index (χ0) is 82.1. The standard InChI is InChI=1S/C46H38N4O2.C42H30N4O2.C10H4N6O4/c1-29-5-17-35(18-6-29)49(36-19-7-30(2)8-20-36)39-25-13-33(14-26-39)43-41-42(46(52)47-43)44(48-45(41)51)34-15-27-40(28-16-34)50(37-21-9-31(3)10-22-37)38-23-11-32(4)12-24-38;47-41-37-38(40(44-41)30-23-27-36(28-24-30)46(33-17-9-3-10-18-33)34-19-11-4-12-20-34)42(48)43-39(37)29-21-25-35(26-22-29)45(31-13-5-1-6-14-31)32-15-7-2-8-16-32;17-7-3-4(6(14-7)10-16-12-2-20-10)8(18)13-5(3)9-15-11-1-19-9/h5-28H,1-4H3,(H,47,52)(H,48,51);1-28H,(H,43,48)(H,44,47);1-2,13,18H. The van der Waals surface area contributed by atoms with Gasteiger partial charge < -0.3 is 59.8 Å². The number of H-pyrrole nitrogens is 1. The van der Waals surface area contributed by atoms with E-state index < -0.39 is 5.91 Å². The topological polar surface area (TPSA) is 273 Å². The van der Waals surface area contributed by atoms with E-state index in [2.05, 4.69) is 245 Å². The molecule has 0 spiro atoms. The number of benzene rings is 12. The van der Waals surface area contributed by atoms with Gasteiger partial charge in [-0.05, 0) is 196 Å². The lowest BCUT2D eigenvalue weighted by atomic mass is 10.0. The van der Waals surface area contributed by atoms with Crippen molar-refractivity contribution in [2.24, 2.45) is 4.99 Å². The first-order valence-electron chi connectivity index (χ1n) is 38.6. The highest BCUT2D eigenvalue weighted by Gasteiger charge is 2.43. The number of hydrogen-bond acceptors (Lipinski definition) is 16. The molecule has 12 aromatic carbocycles. The molecule has 22 heteroatoms. The van der Waals surface area contributed by atoms with Crippen LogP contribution in [-0.4, -0.2) is 65.7 Å². The molecule has 22 nitrogen and oxygen atoms in total. The molecule has 6 N–H and O–H groups in total. The highest BCUT2D eigenvalue weighted by atomic mass is 16.4. The van der Waals surface area contributed by atoms with E-state index in [4.69, 9.17) is 8.83 Å². The molecule has 15 aromatic rings. The normalized spacial score (nSPS) is 13.6. The van der Waals surface area contributed by atoms with Gasteiger partial charge in [0.15, 0.2) is 5.88 Å². The summed E-state index contributed by atoms with van der Waals surface area (Å²) in [5.41, 5.74) is 24.0. The van der Waals surface area contributed by atoms with Gasteiger partial charge in [0.1, 0.15) is 11.4 Å². The molecule has 0 radical (unpaired) electrons. The third kappa shape index (κ3) is 14.5. The summed E-state index contributed by atoms with van der Waals surface area (Å²) in [6, 6.07) is 106. The molecular weight excluding hydrogens is 1500 g/mol. The van der Waals surface area contributed by atoms with Gasteiger partial charge in [0.25, 0.3) is 41.3 Å². The number of nitrogens with zero attached hydrogens (tertiary/aromatic N) is 9. The lowest BCUT2D eigenvalue weighted by Gasteiger charge is -2.26. The van der Waals surface area contributed by atoms with Crippen molar-refractivity contribution in [3.63, 3.8) is 0 Å². The van der Waals surface area contributed by atoms with E-state index in [1.54, 1.807) is 0 Å². The number of carbonyl (C=O) groups excluding carboxylic acids is 5. The van der Waals surface area contributed by atoms with Crippen LogP contribution in [0.15, 0.2) is 364 Å². The van der Waals surface area contributed by atoms with Crippen LogP contribution < -0.4 is 40.9 Å². The molecule has 0 atom stereocenters. The third-order valence-corrected chi connectivity index (χ3v) is 21.0. The number of rotatable bonds is 18. The van der Waals surface area contributed by atoms with Gasteiger partial charge in [0.2, 0.25) is 12.8 Å². The summed E-state index contributed by atoms with van der Waals surface area (Å²) in [7, 11) is 0. The Morgan fingerprint density at radius 3 is 0.758 bits per heavy atom. The SMILES string of the molecule is Cc1ccc(N(c2ccc(C)cc2)c2ccc(C3=C4C(=O)NC(c5ccc(N(c6ccc(C)cc6)c6ccc(C)cc6)cc5)=C4C(=O)N3)cc2)cc1.O=C1N=C(c2nnco2)c2c(O)[nH]c(-c3nnco3)c21.O=C1NC(c2ccc(N(c3ccccc3)c3ccccc3)cc2)=C2C(=O)NC(c3ccc(N(c4ccccc4)c4ccccc4)cc3)=C12. The first kappa shape index (κ1) is 74.8. The zero-order valence-electron chi connectivity index (χ0n) is 65.0. The van der Waals surface area contributed by atoms with Crippen LogP contribution in [0.4, 0.5) is 68.2 Å². The van der Waals surface area contributed by atoms with Crippen LogP contribution in [0.25, 0.3) is 34.4 Å². The quantitative estimate of drug-likeness (QED) is 0.0466. The number of hydrogen-bond donors (Lipinski definition) is 6. The molecule has 0 aliphatic carbocycles. The number of aromatic hydroxyl groups is 1. The first-order chi connectivity index (χ1) is 58.6. The Labute approximate surface area is 688 Å². The summed E-state index contributed by atoms with van der Waals surface area (Å²) < 4.78 is 10.0. The number of aromatic amines is 1. The molecule has 0 bridgehead atoms. The summed E-state index contributed by atoms with van der Waals surface area (Å²) in [5.74, 6) is -1.94. The number of aliphatic imine (C=N–C) groups is 1. The van der Waals surface area contributed by atoms with Crippen molar-refractivity contribution in [3.8, 4) is 17.5 Å². The van der Waals surface area contributed by atoms with Crippen LogP contribution in [0.1, 0.15) is 66.3 Å². The molecular formula is C98H72N14O8.